The van der Waals surface area contributed by atoms with Crippen LogP contribution in [0.25, 0.3) is 11.0 Å². The summed E-state index contributed by atoms with van der Waals surface area (Å²) in [5, 5.41) is 3.50. The average Bonchev–Trinajstić information content (AvgIpc) is 2.68. The Morgan fingerprint density at radius 3 is 2.64 bits per heavy atom. The predicted octanol–water partition coefficient (Wildman–Crippen LogP) is 3.13. The van der Waals surface area contributed by atoms with Gasteiger partial charge in [0.15, 0.2) is 0 Å². The molecule has 2 fully saturated rings. The van der Waals surface area contributed by atoms with Crippen molar-refractivity contribution >= 4 is 11.0 Å². The lowest BCUT2D eigenvalue weighted by molar-refractivity contribution is -0.136. The molecule has 1 aliphatic carbocycles. The minimum atomic E-state index is -4.33. The molecule has 2 aromatic rings. The Morgan fingerprint density at radius 2 is 2.05 bits per heavy atom. The van der Waals surface area contributed by atoms with Crippen LogP contribution in [0.15, 0.2) is 18.3 Å². The summed E-state index contributed by atoms with van der Waals surface area (Å²) in [7, 11) is 1.62. The van der Waals surface area contributed by atoms with Crippen LogP contribution in [0.2, 0.25) is 0 Å². The molecule has 22 heavy (non-hydrogen) atoms. The molecule has 118 valence electrons. The Kier molecular flexibility index (Phi) is 2.86. The number of halogens is 3. The van der Waals surface area contributed by atoms with E-state index in [2.05, 4.69) is 10.3 Å². The van der Waals surface area contributed by atoms with Crippen LogP contribution in [0.5, 0.6) is 0 Å². The Labute approximate surface area is 126 Å². The molecule has 4 rings (SSSR count). The van der Waals surface area contributed by atoms with Crippen molar-refractivity contribution in [3.8, 4) is 0 Å². The number of aromatic nitrogens is 2. The van der Waals surface area contributed by atoms with E-state index in [1.54, 1.807) is 19.2 Å². The summed E-state index contributed by atoms with van der Waals surface area (Å²) in [4.78, 5) is 4.47. The van der Waals surface area contributed by atoms with E-state index < -0.39 is 11.7 Å². The normalized spacial score (nSPS) is 21.1. The van der Waals surface area contributed by atoms with Gasteiger partial charge < -0.3 is 9.88 Å². The molecule has 0 atom stereocenters. The maximum absolute atomic E-state index is 13.0. The van der Waals surface area contributed by atoms with Gasteiger partial charge in [-0.3, -0.25) is 0 Å². The predicted molar refractivity (Wildman–Crippen MR) is 77.4 cm³/mol. The average molecular weight is 309 g/mol. The SMILES string of the molecule is Cn1cc(C(F)(F)F)c2ccc(CC3CC4(CNC4)C3)nc21. The highest BCUT2D eigenvalue weighted by Gasteiger charge is 2.48. The molecule has 1 N–H and O–H groups in total. The van der Waals surface area contributed by atoms with Gasteiger partial charge in [0.2, 0.25) is 0 Å². The Balaban J connectivity index is 1.57. The fourth-order valence-corrected chi connectivity index (χ4v) is 4.00. The summed E-state index contributed by atoms with van der Waals surface area (Å²) < 4.78 is 40.4. The van der Waals surface area contributed by atoms with Crippen LogP contribution >= 0.6 is 0 Å². The quantitative estimate of drug-likeness (QED) is 0.923. The van der Waals surface area contributed by atoms with Gasteiger partial charge in [0.05, 0.1) is 5.56 Å². The highest BCUT2D eigenvalue weighted by atomic mass is 19.4. The third kappa shape index (κ3) is 2.12. The molecule has 0 radical (unpaired) electrons. The van der Waals surface area contributed by atoms with Crippen molar-refractivity contribution in [1.29, 1.82) is 0 Å². The second-order valence-corrected chi connectivity index (χ2v) is 6.91. The number of rotatable bonds is 2. The molecule has 2 aliphatic rings. The van der Waals surface area contributed by atoms with E-state index in [0.717, 1.165) is 31.4 Å². The van der Waals surface area contributed by atoms with Crippen LogP contribution in [0, 0.1) is 11.3 Å². The Hall–Kier alpha value is -1.56. The molecule has 2 aromatic heterocycles. The first-order valence-electron chi connectivity index (χ1n) is 7.59. The lowest BCUT2D eigenvalue weighted by Crippen LogP contribution is -2.60. The number of fused-ring (bicyclic) bond motifs is 1. The summed E-state index contributed by atoms with van der Waals surface area (Å²) in [6, 6.07) is 3.32. The maximum Gasteiger partial charge on any atom is 0.418 e. The van der Waals surface area contributed by atoms with E-state index in [9.17, 15) is 13.2 Å². The molecular formula is C16H18F3N3. The zero-order chi connectivity index (χ0) is 15.5. The van der Waals surface area contributed by atoms with Gasteiger partial charge in [-0.25, -0.2) is 4.98 Å². The maximum atomic E-state index is 13.0. The molecule has 1 aliphatic heterocycles. The zero-order valence-electron chi connectivity index (χ0n) is 12.4. The van der Waals surface area contributed by atoms with Crippen molar-refractivity contribution in [1.82, 2.24) is 14.9 Å². The van der Waals surface area contributed by atoms with Crippen molar-refractivity contribution in [3.63, 3.8) is 0 Å². The van der Waals surface area contributed by atoms with Crippen LogP contribution in [0.3, 0.4) is 0 Å². The topological polar surface area (TPSA) is 29.9 Å². The first-order chi connectivity index (χ1) is 10.4. The second-order valence-electron chi connectivity index (χ2n) is 6.91. The Morgan fingerprint density at radius 1 is 1.32 bits per heavy atom. The number of alkyl halides is 3. The molecule has 1 saturated heterocycles. The van der Waals surface area contributed by atoms with Crippen LogP contribution in [0.1, 0.15) is 24.1 Å². The van der Waals surface area contributed by atoms with Crippen LogP contribution in [0.4, 0.5) is 13.2 Å². The second kappa shape index (κ2) is 4.47. The number of hydrogen-bond donors (Lipinski definition) is 1. The summed E-state index contributed by atoms with van der Waals surface area (Å²) in [6.07, 6.45) is 0.0750. The number of pyridine rings is 1. The minimum Gasteiger partial charge on any atom is -0.335 e. The highest BCUT2D eigenvalue weighted by Crippen LogP contribution is 2.49. The van der Waals surface area contributed by atoms with Crippen LogP contribution in [-0.2, 0) is 19.6 Å². The smallest absolute Gasteiger partial charge is 0.335 e. The minimum absolute atomic E-state index is 0.187. The van der Waals surface area contributed by atoms with Gasteiger partial charge in [-0.05, 0) is 42.7 Å². The molecule has 0 bridgehead atoms. The van der Waals surface area contributed by atoms with E-state index in [0.29, 0.717) is 17.0 Å². The van der Waals surface area contributed by atoms with Crippen molar-refractivity contribution in [2.45, 2.75) is 25.4 Å². The van der Waals surface area contributed by atoms with Gasteiger partial charge >= 0.3 is 6.18 Å². The van der Waals surface area contributed by atoms with E-state index in [4.69, 9.17) is 0 Å². The molecule has 0 amide bonds. The number of aryl methyl sites for hydroxylation is 1. The van der Waals surface area contributed by atoms with E-state index in [1.807, 2.05) is 0 Å². The van der Waals surface area contributed by atoms with Crippen molar-refractivity contribution in [2.75, 3.05) is 13.1 Å². The van der Waals surface area contributed by atoms with Crippen molar-refractivity contribution in [3.05, 3.63) is 29.6 Å². The zero-order valence-corrected chi connectivity index (χ0v) is 12.4. The molecule has 6 heteroatoms. The van der Waals surface area contributed by atoms with Crippen molar-refractivity contribution in [2.24, 2.45) is 18.4 Å². The summed E-state index contributed by atoms with van der Waals surface area (Å²) in [5.41, 5.74) is 1.23. The third-order valence-electron chi connectivity index (χ3n) is 5.13. The molecule has 1 spiro atoms. The first-order valence-corrected chi connectivity index (χ1v) is 7.59. The van der Waals surface area contributed by atoms with Gasteiger partial charge in [0.1, 0.15) is 5.65 Å². The molecule has 0 aromatic carbocycles. The van der Waals surface area contributed by atoms with Gasteiger partial charge in [-0.2, -0.15) is 13.2 Å². The van der Waals surface area contributed by atoms with E-state index >= 15 is 0 Å². The van der Waals surface area contributed by atoms with Gasteiger partial charge in [0, 0.05) is 37.4 Å². The molecule has 3 heterocycles. The molecule has 1 saturated carbocycles. The van der Waals surface area contributed by atoms with Crippen LogP contribution in [-0.4, -0.2) is 22.6 Å². The summed E-state index contributed by atoms with van der Waals surface area (Å²) >= 11 is 0. The van der Waals surface area contributed by atoms with Crippen LogP contribution < -0.4 is 5.32 Å². The number of nitrogens with one attached hydrogen (secondary N) is 1. The molecule has 3 nitrogen and oxygen atoms in total. The van der Waals surface area contributed by atoms with E-state index in [1.165, 1.54) is 17.4 Å². The summed E-state index contributed by atoms with van der Waals surface area (Å²) in [6.45, 7) is 2.23. The number of nitrogens with zero attached hydrogens (tertiary/aromatic N) is 2. The summed E-state index contributed by atoms with van der Waals surface area (Å²) in [5.74, 6) is 0.620. The standard InChI is InChI=1S/C16H18F3N3/c1-22-7-13(16(17,18)19)12-3-2-11(21-14(12)22)4-10-5-15(6-10)8-20-9-15/h2-3,7,10,20H,4-6,8-9H2,1H3. The highest BCUT2D eigenvalue weighted by molar-refractivity contribution is 5.81. The largest absolute Gasteiger partial charge is 0.418 e. The fourth-order valence-electron chi connectivity index (χ4n) is 4.00. The number of hydrogen-bond acceptors (Lipinski definition) is 2. The van der Waals surface area contributed by atoms with Gasteiger partial charge in [-0.1, -0.05) is 0 Å². The lowest BCUT2D eigenvalue weighted by Gasteiger charge is -2.54. The monoisotopic (exact) mass is 309 g/mol. The van der Waals surface area contributed by atoms with E-state index in [-0.39, 0.29) is 5.39 Å². The van der Waals surface area contributed by atoms with Gasteiger partial charge in [-0.15, -0.1) is 0 Å². The lowest BCUT2D eigenvalue weighted by atomic mass is 9.57. The third-order valence-corrected chi connectivity index (χ3v) is 5.13. The molecular weight excluding hydrogens is 291 g/mol. The van der Waals surface area contributed by atoms with Crippen molar-refractivity contribution < 1.29 is 13.2 Å². The Bertz CT molecular complexity index is 720. The molecule has 0 unspecified atom stereocenters. The fraction of sp³-hybridized carbons (Fsp3) is 0.562. The first kappa shape index (κ1) is 14.1. The van der Waals surface area contributed by atoms with Gasteiger partial charge in [0.25, 0.3) is 0 Å².